The van der Waals surface area contributed by atoms with Gasteiger partial charge in [0, 0.05) is 18.1 Å². The van der Waals surface area contributed by atoms with Crippen molar-refractivity contribution in [2.24, 2.45) is 16.1 Å². The zero-order valence-electron chi connectivity index (χ0n) is 11.2. The minimum Gasteiger partial charge on any atom is -0.480 e. The Hall–Kier alpha value is -1.47. The van der Waals surface area contributed by atoms with E-state index in [1.165, 1.54) is 6.21 Å². The minimum atomic E-state index is -1.18. The molecule has 1 saturated heterocycles. The quantitative estimate of drug-likeness (QED) is 0.670. The van der Waals surface area contributed by atoms with Gasteiger partial charge in [-0.3, -0.25) is 9.79 Å². The van der Waals surface area contributed by atoms with Crippen LogP contribution < -0.4 is 5.73 Å². The highest BCUT2D eigenvalue weighted by molar-refractivity contribution is 5.84. The molecule has 0 radical (unpaired) electrons. The first-order chi connectivity index (χ1) is 8.80. The van der Waals surface area contributed by atoms with Crippen molar-refractivity contribution in [3.05, 3.63) is 0 Å². The van der Waals surface area contributed by atoms with Gasteiger partial charge in [0.2, 0.25) is 5.91 Å². The predicted octanol–water partition coefficient (Wildman–Crippen LogP) is 0.175. The third-order valence-electron chi connectivity index (χ3n) is 2.58. The van der Waals surface area contributed by atoms with Gasteiger partial charge in [-0.15, -0.1) is 0 Å². The Bertz CT molecular complexity index is 357. The number of hydrogen-bond donors (Lipinski definition) is 2. The van der Waals surface area contributed by atoms with E-state index in [0.29, 0.717) is 19.6 Å². The van der Waals surface area contributed by atoms with Crippen molar-refractivity contribution in [1.82, 2.24) is 0 Å². The maximum atomic E-state index is 10.8. The van der Waals surface area contributed by atoms with E-state index in [4.69, 9.17) is 20.3 Å². The van der Waals surface area contributed by atoms with Crippen LogP contribution in [-0.4, -0.2) is 48.7 Å². The van der Waals surface area contributed by atoms with Crippen molar-refractivity contribution in [3.63, 3.8) is 0 Å². The standard InChI is InChI=1S/C12H20N2O5/c1-12(2)6-18-10(19-7-12)3-4-14-8(11(16)17)5-9(13)15/h4,8,10H,3,5-7H2,1-2H3,(H2,13,15)(H,16,17)/t8-/m0/s1. The van der Waals surface area contributed by atoms with Crippen LogP contribution >= 0.6 is 0 Å². The van der Waals surface area contributed by atoms with Gasteiger partial charge in [0.25, 0.3) is 0 Å². The van der Waals surface area contributed by atoms with Crippen molar-refractivity contribution in [3.8, 4) is 0 Å². The fraction of sp³-hybridized carbons (Fsp3) is 0.750. The highest BCUT2D eigenvalue weighted by atomic mass is 16.7. The second kappa shape index (κ2) is 6.63. The number of amides is 1. The SMILES string of the molecule is CC1(C)COC(CC=N[C@@H](CC(N)=O)C(=O)O)OC1. The van der Waals surface area contributed by atoms with E-state index >= 15 is 0 Å². The zero-order valence-corrected chi connectivity index (χ0v) is 11.2. The number of carbonyl (C=O) groups is 2. The number of aliphatic imine (C=N–C) groups is 1. The number of rotatable bonds is 6. The number of primary amides is 1. The summed E-state index contributed by atoms with van der Waals surface area (Å²) in [5, 5.41) is 8.84. The molecule has 0 unspecified atom stereocenters. The summed E-state index contributed by atoms with van der Waals surface area (Å²) in [5.74, 6) is -1.88. The van der Waals surface area contributed by atoms with E-state index in [-0.39, 0.29) is 11.8 Å². The summed E-state index contributed by atoms with van der Waals surface area (Å²) in [4.78, 5) is 25.3. The first-order valence-electron chi connectivity index (χ1n) is 6.06. The fourth-order valence-corrected chi connectivity index (χ4v) is 1.53. The maximum absolute atomic E-state index is 10.8. The lowest BCUT2D eigenvalue weighted by Crippen LogP contribution is -2.37. The normalized spacial score (nSPS) is 21.4. The molecule has 0 spiro atoms. The number of nitrogens with two attached hydrogens (primary N) is 1. The van der Waals surface area contributed by atoms with Gasteiger partial charge in [-0.25, -0.2) is 4.79 Å². The Kier molecular flexibility index (Phi) is 5.44. The highest BCUT2D eigenvalue weighted by Crippen LogP contribution is 2.23. The number of carboxylic acids is 1. The molecule has 1 aliphatic heterocycles. The van der Waals surface area contributed by atoms with Gasteiger partial charge in [0.05, 0.1) is 19.6 Å². The molecular weight excluding hydrogens is 252 g/mol. The van der Waals surface area contributed by atoms with Crippen LogP contribution in [0.1, 0.15) is 26.7 Å². The van der Waals surface area contributed by atoms with E-state index in [0.717, 1.165) is 0 Å². The zero-order chi connectivity index (χ0) is 14.5. The molecule has 108 valence electrons. The molecule has 19 heavy (non-hydrogen) atoms. The molecule has 0 aromatic rings. The van der Waals surface area contributed by atoms with Crippen molar-refractivity contribution in [2.45, 2.75) is 39.0 Å². The van der Waals surface area contributed by atoms with Gasteiger partial charge in [-0.05, 0) is 0 Å². The summed E-state index contributed by atoms with van der Waals surface area (Å²) in [7, 11) is 0. The van der Waals surface area contributed by atoms with Gasteiger partial charge >= 0.3 is 5.97 Å². The first-order valence-corrected chi connectivity index (χ1v) is 6.06. The van der Waals surface area contributed by atoms with Gasteiger partial charge in [0.15, 0.2) is 12.3 Å². The molecule has 0 bridgehead atoms. The lowest BCUT2D eigenvalue weighted by molar-refractivity contribution is -0.217. The topological polar surface area (TPSA) is 111 Å². The van der Waals surface area contributed by atoms with Gasteiger partial charge in [-0.2, -0.15) is 0 Å². The van der Waals surface area contributed by atoms with Crippen LogP contribution in [0.25, 0.3) is 0 Å². The molecule has 0 aromatic heterocycles. The number of carboxylic acid groups (broad SMARTS) is 1. The van der Waals surface area contributed by atoms with Crippen molar-refractivity contribution in [2.75, 3.05) is 13.2 Å². The number of aliphatic carboxylic acids is 1. The van der Waals surface area contributed by atoms with Crippen LogP contribution in [0.2, 0.25) is 0 Å². The fourth-order valence-electron chi connectivity index (χ4n) is 1.53. The Morgan fingerprint density at radius 1 is 1.47 bits per heavy atom. The summed E-state index contributed by atoms with van der Waals surface area (Å²) in [6.07, 6.45) is 1.02. The number of nitrogens with zero attached hydrogens (tertiary/aromatic N) is 1. The van der Waals surface area contributed by atoms with Crippen molar-refractivity contribution >= 4 is 18.1 Å². The van der Waals surface area contributed by atoms with E-state index in [1.54, 1.807) is 0 Å². The van der Waals surface area contributed by atoms with Crippen LogP contribution in [0.15, 0.2) is 4.99 Å². The monoisotopic (exact) mass is 272 g/mol. The van der Waals surface area contributed by atoms with E-state index in [9.17, 15) is 9.59 Å². The average molecular weight is 272 g/mol. The van der Waals surface area contributed by atoms with E-state index in [2.05, 4.69) is 4.99 Å². The van der Waals surface area contributed by atoms with Crippen LogP contribution in [-0.2, 0) is 19.1 Å². The molecular formula is C12H20N2O5. The minimum absolute atomic E-state index is 0.0107. The second-order valence-electron chi connectivity index (χ2n) is 5.31. The molecule has 1 amide bonds. The van der Waals surface area contributed by atoms with Crippen molar-refractivity contribution in [1.29, 1.82) is 0 Å². The smallest absolute Gasteiger partial charge is 0.328 e. The predicted molar refractivity (Wildman–Crippen MR) is 67.8 cm³/mol. The summed E-state index contributed by atoms with van der Waals surface area (Å²) >= 11 is 0. The molecule has 7 nitrogen and oxygen atoms in total. The third kappa shape index (κ3) is 5.80. The van der Waals surface area contributed by atoms with Gasteiger partial charge in [-0.1, -0.05) is 13.8 Å². The molecule has 0 saturated carbocycles. The third-order valence-corrected chi connectivity index (χ3v) is 2.58. The molecule has 3 N–H and O–H groups in total. The summed E-state index contributed by atoms with van der Waals surface area (Å²) in [6.45, 7) is 5.22. The van der Waals surface area contributed by atoms with Crippen LogP contribution in [0.4, 0.5) is 0 Å². The Morgan fingerprint density at radius 2 is 2.05 bits per heavy atom. The summed E-state index contributed by atoms with van der Waals surface area (Å²) in [5.41, 5.74) is 4.94. The summed E-state index contributed by atoms with van der Waals surface area (Å²) < 4.78 is 10.9. The lowest BCUT2D eigenvalue weighted by atomic mass is 9.95. The molecule has 7 heteroatoms. The molecule has 1 aliphatic rings. The first kappa shape index (κ1) is 15.6. The van der Waals surface area contributed by atoms with Crippen molar-refractivity contribution < 1.29 is 24.2 Å². The second-order valence-corrected chi connectivity index (χ2v) is 5.31. The van der Waals surface area contributed by atoms with Crippen LogP contribution in [0.3, 0.4) is 0 Å². The van der Waals surface area contributed by atoms with E-state index < -0.39 is 24.2 Å². The number of hydrogen-bond acceptors (Lipinski definition) is 5. The van der Waals surface area contributed by atoms with Gasteiger partial charge in [0.1, 0.15) is 0 Å². The molecule has 1 fully saturated rings. The van der Waals surface area contributed by atoms with Gasteiger partial charge < -0.3 is 20.3 Å². The van der Waals surface area contributed by atoms with E-state index in [1.807, 2.05) is 13.8 Å². The molecule has 1 heterocycles. The lowest BCUT2D eigenvalue weighted by Gasteiger charge is -2.34. The number of carbonyl (C=O) groups excluding carboxylic acids is 1. The van der Waals surface area contributed by atoms with Crippen LogP contribution in [0.5, 0.6) is 0 Å². The highest BCUT2D eigenvalue weighted by Gasteiger charge is 2.27. The Morgan fingerprint density at radius 3 is 2.53 bits per heavy atom. The average Bonchev–Trinajstić information content (AvgIpc) is 2.29. The molecule has 0 aromatic carbocycles. The molecule has 0 aliphatic carbocycles. The largest absolute Gasteiger partial charge is 0.480 e. The van der Waals surface area contributed by atoms with Crippen LogP contribution in [0, 0.1) is 5.41 Å². The molecule has 1 atom stereocenters. The summed E-state index contributed by atoms with van der Waals surface area (Å²) in [6, 6.07) is -1.14. The number of ether oxygens (including phenoxy) is 2. The molecule has 1 rings (SSSR count). The Labute approximate surface area is 111 Å². The Balaban J connectivity index is 2.40. The maximum Gasteiger partial charge on any atom is 0.328 e.